The van der Waals surface area contributed by atoms with Crippen LogP contribution in [-0.2, 0) is 10.0 Å². The van der Waals surface area contributed by atoms with Gasteiger partial charge in [0.1, 0.15) is 0 Å². The quantitative estimate of drug-likeness (QED) is 0.431. The van der Waals surface area contributed by atoms with Crippen molar-refractivity contribution in [3.63, 3.8) is 0 Å². The molecule has 0 heterocycles. The first-order valence-electron chi connectivity index (χ1n) is 6.55. The van der Waals surface area contributed by atoms with E-state index in [-0.39, 0.29) is 11.2 Å². The minimum Gasteiger partial charge on any atom is -0.228 e. The van der Waals surface area contributed by atoms with Gasteiger partial charge in [-0.25, -0.2) is 13.6 Å². The molecule has 1 unspecified atom stereocenters. The second-order valence-electron chi connectivity index (χ2n) is 4.93. The summed E-state index contributed by atoms with van der Waals surface area (Å²) in [6.07, 6.45) is 6.77. The van der Waals surface area contributed by atoms with Gasteiger partial charge in [-0.2, -0.15) is 0 Å². The van der Waals surface area contributed by atoms with Crippen molar-refractivity contribution in [3.05, 3.63) is 12.7 Å². The standard InChI is InChI=1S/C11H21NO2S.C2H5I/c1-3-5-9(2)11(15(12,13)14)8-10-6-4-7-10;1-2-3/h3,9-11H,1,4-8H2,2H3,(H2,12,13,14);2H2,1H3/t9-,11?;/m0./s1. The summed E-state index contributed by atoms with van der Waals surface area (Å²) in [5.41, 5.74) is 0. The number of hydrogen-bond donors (Lipinski definition) is 1. The van der Waals surface area contributed by atoms with Crippen molar-refractivity contribution in [1.29, 1.82) is 0 Å². The molecule has 0 spiro atoms. The number of primary sulfonamides is 1. The number of allylic oxidation sites excluding steroid dienone is 1. The van der Waals surface area contributed by atoms with Gasteiger partial charge in [-0.1, -0.05) is 61.8 Å². The molecule has 1 saturated carbocycles. The van der Waals surface area contributed by atoms with E-state index in [1.54, 1.807) is 6.08 Å². The van der Waals surface area contributed by atoms with E-state index in [1.807, 2.05) is 6.92 Å². The van der Waals surface area contributed by atoms with Crippen LogP contribution in [0, 0.1) is 11.8 Å². The number of halogens is 1. The predicted molar refractivity (Wildman–Crippen MR) is 87.4 cm³/mol. The minimum absolute atomic E-state index is 0.0816. The van der Waals surface area contributed by atoms with Crippen LogP contribution in [0.25, 0.3) is 0 Å². The molecule has 0 aromatic heterocycles. The maximum absolute atomic E-state index is 11.5. The Morgan fingerprint density at radius 3 is 2.28 bits per heavy atom. The second kappa shape index (κ2) is 9.31. The molecular weight excluding hydrogens is 361 g/mol. The summed E-state index contributed by atoms with van der Waals surface area (Å²) in [7, 11) is -3.41. The Hall–Kier alpha value is 0.380. The fraction of sp³-hybridized carbons (Fsp3) is 0.846. The lowest BCUT2D eigenvalue weighted by molar-refractivity contribution is 0.274. The lowest BCUT2D eigenvalue weighted by Gasteiger charge is -2.31. The smallest absolute Gasteiger partial charge is 0.212 e. The molecule has 2 atom stereocenters. The largest absolute Gasteiger partial charge is 0.228 e. The fourth-order valence-electron chi connectivity index (χ4n) is 2.16. The molecule has 0 aromatic rings. The van der Waals surface area contributed by atoms with Crippen LogP contribution in [0.2, 0.25) is 0 Å². The van der Waals surface area contributed by atoms with E-state index in [9.17, 15) is 8.42 Å². The van der Waals surface area contributed by atoms with Crippen molar-refractivity contribution in [2.75, 3.05) is 4.43 Å². The molecule has 1 rings (SSSR count). The Kier molecular flexibility index (Phi) is 9.51. The molecule has 0 bridgehead atoms. The van der Waals surface area contributed by atoms with Gasteiger partial charge in [0.05, 0.1) is 5.25 Å². The van der Waals surface area contributed by atoms with E-state index in [0.29, 0.717) is 12.3 Å². The molecule has 1 aliphatic carbocycles. The van der Waals surface area contributed by atoms with Crippen LogP contribution in [-0.4, -0.2) is 18.1 Å². The third kappa shape index (κ3) is 7.09. The highest BCUT2D eigenvalue weighted by Gasteiger charge is 2.32. The van der Waals surface area contributed by atoms with E-state index in [1.165, 1.54) is 10.8 Å². The molecule has 18 heavy (non-hydrogen) atoms. The molecule has 3 nitrogen and oxygen atoms in total. The predicted octanol–water partition coefficient (Wildman–Crippen LogP) is 3.49. The summed E-state index contributed by atoms with van der Waals surface area (Å²) in [5.74, 6) is 0.652. The Balaban J connectivity index is 0.000000873. The zero-order valence-corrected chi connectivity index (χ0v) is 14.4. The number of rotatable bonds is 6. The van der Waals surface area contributed by atoms with Gasteiger partial charge in [0.2, 0.25) is 10.0 Å². The average molecular weight is 387 g/mol. The minimum atomic E-state index is -3.41. The summed E-state index contributed by atoms with van der Waals surface area (Å²) >= 11 is 2.29. The van der Waals surface area contributed by atoms with Crippen molar-refractivity contribution >= 4 is 32.6 Å². The van der Waals surface area contributed by atoms with Crippen molar-refractivity contribution < 1.29 is 8.42 Å². The van der Waals surface area contributed by atoms with E-state index >= 15 is 0 Å². The average Bonchev–Trinajstić information content (AvgIpc) is 2.14. The van der Waals surface area contributed by atoms with Crippen LogP contribution in [0.3, 0.4) is 0 Å². The van der Waals surface area contributed by atoms with Gasteiger partial charge in [-0.3, -0.25) is 0 Å². The molecule has 0 aromatic carbocycles. The first-order chi connectivity index (χ1) is 8.36. The van der Waals surface area contributed by atoms with E-state index in [4.69, 9.17) is 5.14 Å². The van der Waals surface area contributed by atoms with E-state index in [0.717, 1.165) is 19.3 Å². The number of sulfonamides is 1. The van der Waals surface area contributed by atoms with Crippen LogP contribution in [0.15, 0.2) is 12.7 Å². The Labute approximate surface area is 126 Å². The number of hydrogen-bond acceptors (Lipinski definition) is 2. The Bertz CT molecular complexity index is 326. The fourth-order valence-corrected chi connectivity index (χ4v) is 3.46. The number of nitrogens with two attached hydrogens (primary N) is 1. The lowest BCUT2D eigenvalue weighted by atomic mass is 9.80. The third-order valence-corrected chi connectivity index (χ3v) is 4.89. The summed E-state index contributed by atoms with van der Waals surface area (Å²) in [4.78, 5) is 0. The van der Waals surface area contributed by atoms with Gasteiger partial charge >= 0.3 is 0 Å². The van der Waals surface area contributed by atoms with E-state index < -0.39 is 10.0 Å². The van der Waals surface area contributed by atoms with Gasteiger partial charge in [0, 0.05) is 0 Å². The summed E-state index contributed by atoms with van der Waals surface area (Å²) in [6.45, 7) is 7.69. The molecule has 0 radical (unpaired) electrons. The van der Waals surface area contributed by atoms with E-state index in [2.05, 4.69) is 36.1 Å². The molecular formula is C13H26INO2S. The molecule has 1 fully saturated rings. The summed E-state index contributed by atoms with van der Waals surface area (Å²) < 4.78 is 24.2. The van der Waals surface area contributed by atoms with Crippen LogP contribution in [0.5, 0.6) is 0 Å². The van der Waals surface area contributed by atoms with Crippen molar-refractivity contribution in [1.82, 2.24) is 0 Å². The van der Waals surface area contributed by atoms with Crippen LogP contribution in [0.4, 0.5) is 0 Å². The molecule has 108 valence electrons. The highest BCUT2D eigenvalue weighted by atomic mass is 127. The third-order valence-electron chi connectivity index (χ3n) is 3.39. The normalized spacial score (nSPS) is 19.1. The summed E-state index contributed by atoms with van der Waals surface area (Å²) in [6, 6.07) is 0. The molecule has 0 amide bonds. The first kappa shape index (κ1) is 18.4. The molecule has 2 N–H and O–H groups in total. The first-order valence-corrected chi connectivity index (χ1v) is 9.68. The van der Waals surface area contributed by atoms with Gasteiger partial charge < -0.3 is 0 Å². The topological polar surface area (TPSA) is 60.2 Å². The highest BCUT2D eigenvalue weighted by Crippen LogP contribution is 2.34. The maximum Gasteiger partial charge on any atom is 0.212 e. The summed E-state index contributed by atoms with van der Waals surface area (Å²) in [5, 5.41) is 4.89. The van der Waals surface area contributed by atoms with Gasteiger partial charge in [-0.15, -0.1) is 6.58 Å². The van der Waals surface area contributed by atoms with Gasteiger partial charge in [0.25, 0.3) is 0 Å². The zero-order chi connectivity index (χ0) is 14.2. The van der Waals surface area contributed by atoms with Gasteiger partial charge in [-0.05, 0) is 29.1 Å². The lowest BCUT2D eigenvalue weighted by Crippen LogP contribution is -2.36. The van der Waals surface area contributed by atoms with Gasteiger partial charge in [0.15, 0.2) is 0 Å². The van der Waals surface area contributed by atoms with Crippen molar-refractivity contribution in [2.45, 2.75) is 51.2 Å². The van der Waals surface area contributed by atoms with Crippen molar-refractivity contribution in [3.8, 4) is 0 Å². The van der Waals surface area contributed by atoms with Crippen LogP contribution in [0.1, 0.15) is 46.0 Å². The molecule has 0 aliphatic heterocycles. The molecule has 0 saturated heterocycles. The molecule has 5 heteroatoms. The maximum atomic E-state index is 11.5. The van der Waals surface area contributed by atoms with Crippen molar-refractivity contribution in [2.24, 2.45) is 17.0 Å². The SMILES string of the molecule is C=CC[C@H](C)C(CC1CCC1)S(N)(=O)=O.CCI. The van der Waals surface area contributed by atoms with Crippen LogP contribution < -0.4 is 5.14 Å². The monoisotopic (exact) mass is 387 g/mol. The Morgan fingerprint density at radius 2 is 2.00 bits per heavy atom. The Morgan fingerprint density at radius 1 is 1.50 bits per heavy atom. The second-order valence-corrected chi connectivity index (χ2v) is 8.24. The zero-order valence-electron chi connectivity index (χ0n) is 11.4. The van der Waals surface area contributed by atoms with Crippen LogP contribution >= 0.6 is 22.6 Å². The number of alkyl halides is 1. The molecule has 1 aliphatic rings. The highest BCUT2D eigenvalue weighted by molar-refractivity contribution is 14.1.